The number of rotatable bonds is 4. The van der Waals surface area contributed by atoms with Crippen LogP contribution in [0.3, 0.4) is 0 Å². The summed E-state index contributed by atoms with van der Waals surface area (Å²) in [4.78, 5) is 24.4. The number of nitro benzene ring substituents is 1. The van der Waals surface area contributed by atoms with Gasteiger partial charge in [0.25, 0.3) is 5.69 Å². The zero-order chi connectivity index (χ0) is 19.6. The number of benzene rings is 1. The van der Waals surface area contributed by atoms with Crippen LogP contribution in [0, 0.1) is 10.1 Å². The Kier molecular flexibility index (Phi) is 7.34. The predicted molar refractivity (Wildman–Crippen MR) is 103 cm³/mol. The summed E-state index contributed by atoms with van der Waals surface area (Å²) in [6, 6.07) is 4.55. The van der Waals surface area contributed by atoms with Gasteiger partial charge in [-0.15, -0.1) is 12.4 Å². The molecule has 2 atom stereocenters. The number of nitro groups is 1. The Balaban J connectivity index is 0.00000280. The second-order valence-corrected chi connectivity index (χ2v) is 8.43. The molecule has 3 rings (SSSR count). The molecule has 156 valence electrons. The third-order valence-electron chi connectivity index (χ3n) is 4.80. The lowest BCUT2D eigenvalue weighted by Gasteiger charge is -2.38. The molecule has 0 saturated carbocycles. The van der Waals surface area contributed by atoms with Crippen LogP contribution in [-0.2, 0) is 19.6 Å². The smallest absolute Gasteiger partial charge is 0.270 e. The van der Waals surface area contributed by atoms with Crippen LogP contribution in [0.1, 0.15) is 6.92 Å². The van der Waals surface area contributed by atoms with E-state index in [0.29, 0.717) is 13.2 Å². The number of carbonyl (C=O) groups excluding carboxylic acids is 1. The van der Waals surface area contributed by atoms with Crippen molar-refractivity contribution in [3.8, 4) is 0 Å². The summed E-state index contributed by atoms with van der Waals surface area (Å²) < 4.78 is 32.3. The van der Waals surface area contributed by atoms with E-state index in [-0.39, 0.29) is 61.2 Å². The van der Waals surface area contributed by atoms with Gasteiger partial charge >= 0.3 is 0 Å². The van der Waals surface area contributed by atoms with Crippen LogP contribution in [-0.4, -0.2) is 79.9 Å². The minimum Gasteiger partial charge on any atom is -0.375 e. The Bertz CT molecular complexity index is 828. The highest BCUT2D eigenvalue weighted by molar-refractivity contribution is 7.89. The van der Waals surface area contributed by atoms with Crippen molar-refractivity contribution in [3.05, 3.63) is 34.4 Å². The zero-order valence-electron chi connectivity index (χ0n) is 15.3. The van der Waals surface area contributed by atoms with Gasteiger partial charge in [-0.3, -0.25) is 14.9 Å². The fraction of sp³-hybridized carbons (Fsp3) is 0.562. The molecule has 0 spiro atoms. The van der Waals surface area contributed by atoms with Crippen LogP contribution >= 0.6 is 12.4 Å². The summed E-state index contributed by atoms with van der Waals surface area (Å²) in [5.41, 5.74) is -0.276. The van der Waals surface area contributed by atoms with Crippen LogP contribution in [0.2, 0.25) is 0 Å². The minimum absolute atomic E-state index is 0. The first kappa shape index (κ1) is 22.5. The first-order valence-electron chi connectivity index (χ1n) is 8.69. The SMILES string of the molecule is C[C@H]1OCCN[C@@H]1C(=O)N1CCN(S(=O)(=O)c2cccc([N+](=O)[O-])c2)CC1.Cl. The predicted octanol–water partition coefficient (Wildman–Crippen LogP) is 0.226. The fourth-order valence-electron chi connectivity index (χ4n) is 3.26. The average molecular weight is 435 g/mol. The Morgan fingerprint density at radius 1 is 1.29 bits per heavy atom. The van der Waals surface area contributed by atoms with Crippen molar-refractivity contribution in [1.29, 1.82) is 0 Å². The number of hydrogen-bond donors (Lipinski definition) is 1. The van der Waals surface area contributed by atoms with Crippen LogP contribution in [0.5, 0.6) is 0 Å². The number of nitrogens with zero attached hydrogens (tertiary/aromatic N) is 3. The third-order valence-corrected chi connectivity index (χ3v) is 6.69. The number of morpholine rings is 1. The molecule has 10 nitrogen and oxygen atoms in total. The lowest BCUT2D eigenvalue weighted by molar-refractivity contribution is -0.385. The molecular formula is C16H23ClN4O6S. The topological polar surface area (TPSA) is 122 Å². The van der Waals surface area contributed by atoms with Crippen molar-refractivity contribution < 1.29 is 22.9 Å². The summed E-state index contributed by atoms with van der Waals surface area (Å²) in [6.45, 7) is 3.78. The third kappa shape index (κ3) is 4.61. The van der Waals surface area contributed by atoms with Crippen molar-refractivity contribution in [1.82, 2.24) is 14.5 Å². The highest BCUT2D eigenvalue weighted by Crippen LogP contribution is 2.22. The summed E-state index contributed by atoms with van der Waals surface area (Å²) in [5.74, 6) is -0.102. The monoisotopic (exact) mass is 434 g/mol. The molecule has 0 aromatic heterocycles. The van der Waals surface area contributed by atoms with Gasteiger partial charge in [0.2, 0.25) is 15.9 Å². The van der Waals surface area contributed by atoms with Gasteiger partial charge in [0.15, 0.2) is 0 Å². The van der Waals surface area contributed by atoms with E-state index >= 15 is 0 Å². The largest absolute Gasteiger partial charge is 0.375 e. The Hall–Kier alpha value is -1.79. The molecule has 1 aromatic rings. The Labute approximate surface area is 169 Å². The number of hydrogen-bond acceptors (Lipinski definition) is 7. The highest BCUT2D eigenvalue weighted by atomic mass is 35.5. The molecule has 1 aromatic carbocycles. The van der Waals surface area contributed by atoms with Gasteiger partial charge in [-0.05, 0) is 13.0 Å². The zero-order valence-corrected chi connectivity index (χ0v) is 16.9. The lowest BCUT2D eigenvalue weighted by Crippen LogP contribution is -2.60. The van der Waals surface area contributed by atoms with Gasteiger partial charge in [0.05, 0.1) is 22.5 Å². The molecule has 0 bridgehead atoms. The number of halogens is 1. The van der Waals surface area contributed by atoms with Crippen molar-refractivity contribution in [2.75, 3.05) is 39.3 Å². The first-order chi connectivity index (χ1) is 12.8. The maximum atomic E-state index is 12.8. The van der Waals surface area contributed by atoms with Gasteiger partial charge < -0.3 is 15.0 Å². The maximum absolute atomic E-state index is 12.8. The molecule has 2 aliphatic heterocycles. The van der Waals surface area contributed by atoms with Crippen LogP contribution in [0.4, 0.5) is 5.69 Å². The Morgan fingerprint density at radius 3 is 2.57 bits per heavy atom. The van der Waals surface area contributed by atoms with E-state index in [9.17, 15) is 23.3 Å². The van der Waals surface area contributed by atoms with Crippen molar-refractivity contribution in [2.24, 2.45) is 0 Å². The number of nitrogens with one attached hydrogen (secondary N) is 1. The van der Waals surface area contributed by atoms with Gasteiger partial charge in [0, 0.05) is 44.9 Å². The summed E-state index contributed by atoms with van der Waals surface area (Å²) in [6.07, 6.45) is -0.238. The van der Waals surface area contributed by atoms with Gasteiger partial charge in [0.1, 0.15) is 6.04 Å². The van der Waals surface area contributed by atoms with Crippen molar-refractivity contribution in [3.63, 3.8) is 0 Å². The molecule has 0 radical (unpaired) electrons. The number of ether oxygens (including phenoxy) is 1. The molecule has 1 amide bonds. The molecule has 28 heavy (non-hydrogen) atoms. The van der Waals surface area contributed by atoms with Crippen molar-refractivity contribution in [2.45, 2.75) is 24.0 Å². The normalized spacial score (nSPS) is 23.7. The molecule has 1 N–H and O–H groups in total. The quantitative estimate of drug-likeness (QED) is 0.531. The molecule has 2 fully saturated rings. The van der Waals surface area contributed by atoms with E-state index in [1.165, 1.54) is 22.5 Å². The number of carbonyl (C=O) groups is 1. The van der Waals surface area contributed by atoms with Crippen LogP contribution < -0.4 is 5.32 Å². The van der Waals surface area contributed by atoms with Crippen LogP contribution in [0.15, 0.2) is 29.2 Å². The standard InChI is InChI=1S/C16H22N4O6S.ClH/c1-12-15(17-5-10-26-12)16(21)18-6-8-19(9-7-18)27(24,25)14-4-2-3-13(11-14)20(22)23;/h2-4,11-12,15,17H,5-10H2,1H3;1H/t12-,15+;/m1./s1. The van der Waals surface area contributed by atoms with E-state index in [0.717, 1.165) is 6.07 Å². The second kappa shape index (κ2) is 9.14. The molecule has 0 aliphatic carbocycles. The van der Waals surface area contributed by atoms with E-state index in [1.807, 2.05) is 6.92 Å². The minimum atomic E-state index is -3.85. The highest BCUT2D eigenvalue weighted by Gasteiger charge is 2.36. The number of piperazine rings is 1. The molecule has 2 heterocycles. The molecule has 12 heteroatoms. The van der Waals surface area contributed by atoms with Crippen LogP contribution in [0.25, 0.3) is 0 Å². The van der Waals surface area contributed by atoms with E-state index in [1.54, 1.807) is 4.90 Å². The van der Waals surface area contributed by atoms with E-state index < -0.39 is 21.0 Å². The average Bonchev–Trinajstić information content (AvgIpc) is 2.68. The van der Waals surface area contributed by atoms with Gasteiger partial charge in [-0.2, -0.15) is 4.31 Å². The maximum Gasteiger partial charge on any atom is 0.270 e. The molecule has 2 saturated heterocycles. The van der Waals surface area contributed by atoms with E-state index in [4.69, 9.17) is 4.74 Å². The number of non-ortho nitro benzene ring substituents is 1. The van der Waals surface area contributed by atoms with Crippen molar-refractivity contribution >= 4 is 34.0 Å². The Morgan fingerprint density at radius 2 is 1.96 bits per heavy atom. The van der Waals surface area contributed by atoms with E-state index in [2.05, 4.69) is 5.32 Å². The molecule has 0 unspecified atom stereocenters. The number of amides is 1. The fourth-order valence-corrected chi connectivity index (χ4v) is 4.72. The second-order valence-electron chi connectivity index (χ2n) is 6.49. The molecule has 2 aliphatic rings. The summed E-state index contributed by atoms with van der Waals surface area (Å²) in [5, 5.41) is 14.0. The summed E-state index contributed by atoms with van der Waals surface area (Å²) in [7, 11) is -3.85. The van der Waals surface area contributed by atoms with Gasteiger partial charge in [-0.1, -0.05) is 6.07 Å². The molecular weight excluding hydrogens is 412 g/mol. The summed E-state index contributed by atoms with van der Waals surface area (Å²) >= 11 is 0. The lowest BCUT2D eigenvalue weighted by atomic mass is 10.1. The number of sulfonamides is 1. The van der Waals surface area contributed by atoms with Gasteiger partial charge in [-0.25, -0.2) is 8.42 Å². The first-order valence-corrected chi connectivity index (χ1v) is 10.1.